The van der Waals surface area contributed by atoms with Crippen molar-refractivity contribution in [2.75, 3.05) is 11.9 Å². The van der Waals surface area contributed by atoms with E-state index in [4.69, 9.17) is 4.74 Å². The second-order valence-corrected chi connectivity index (χ2v) is 7.22. The minimum absolute atomic E-state index is 0.0266. The molecule has 0 aliphatic heterocycles. The normalized spacial score (nSPS) is 10.4. The van der Waals surface area contributed by atoms with E-state index < -0.39 is 34.9 Å². The lowest BCUT2D eigenvalue weighted by molar-refractivity contribution is -0.384. The van der Waals surface area contributed by atoms with Gasteiger partial charge in [-0.15, -0.1) is 0 Å². The van der Waals surface area contributed by atoms with Crippen LogP contribution in [0.25, 0.3) is 0 Å². The molecule has 0 aliphatic rings. The molecular weight excluding hydrogens is 431 g/mol. The monoisotopic (exact) mass is 450 g/mol. The zero-order chi connectivity index (χ0) is 24.1. The third-order valence-corrected chi connectivity index (χ3v) is 4.93. The topological polar surface area (TPSA) is 116 Å². The summed E-state index contributed by atoms with van der Waals surface area (Å²) in [5, 5.41) is 13.2. The van der Waals surface area contributed by atoms with Crippen molar-refractivity contribution in [1.29, 1.82) is 0 Å². The number of ketones is 1. The molecule has 3 aromatic rings. The van der Waals surface area contributed by atoms with Crippen LogP contribution < -0.4 is 5.32 Å². The molecule has 3 rings (SSSR count). The predicted molar refractivity (Wildman–Crippen MR) is 118 cm³/mol. The molecule has 33 heavy (non-hydrogen) atoms. The van der Waals surface area contributed by atoms with Gasteiger partial charge in [-0.05, 0) is 49.2 Å². The van der Waals surface area contributed by atoms with Crippen LogP contribution in [-0.2, 0) is 9.53 Å². The first-order chi connectivity index (χ1) is 15.7. The maximum absolute atomic E-state index is 13.2. The molecule has 0 aromatic heterocycles. The fourth-order valence-electron chi connectivity index (χ4n) is 3.05. The number of amides is 1. The van der Waals surface area contributed by atoms with Crippen LogP contribution in [0.3, 0.4) is 0 Å². The Hall–Kier alpha value is -4.40. The molecule has 0 unspecified atom stereocenters. The van der Waals surface area contributed by atoms with Gasteiger partial charge >= 0.3 is 5.97 Å². The third kappa shape index (κ3) is 5.45. The zero-order valence-corrected chi connectivity index (χ0v) is 17.8. The Kier molecular flexibility index (Phi) is 6.92. The molecule has 0 heterocycles. The third-order valence-electron chi connectivity index (χ3n) is 4.93. The Labute approximate surface area is 188 Å². The maximum atomic E-state index is 13.2. The Morgan fingerprint density at radius 3 is 2.33 bits per heavy atom. The van der Waals surface area contributed by atoms with Crippen molar-refractivity contribution in [1.82, 2.24) is 0 Å². The highest BCUT2D eigenvalue weighted by Crippen LogP contribution is 2.25. The summed E-state index contributed by atoms with van der Waals surface area (Å²) in [6.07, 6.45) is 0. The van der Waals surface area contributed by atoms with E-state index in [2.05, 4.69) is 5.32 Å². The molecule has 0 atom stereocenters. The number of ether oxygens (including phenoxy) is 1. The predicted octanol–water partition coefficient (Wildman–Crippen LogP) is 4.38. The van der Waals surface area contributed by atoms with Gasteiger partial charge in [0.1, 0.15) is 11.5 Å². The largest absolute Gasteiger partial charge is 0.452 e. The van der Waals surface area contributed by atoms with E-state index in [9.17, 15) is 28.9 Å². The van der Waals surface area contributed by atoms with Gasteiger partial charge in [-0.3, -0.25) is 19.7 Å². The molecular formula is C24H19FN2O6. The van der Waals surface area contributed by atoms with Crippen LogP contribution in [0.1, 0.15) is 37.4 Å². The minimum atomic E-state index is -0.911. The molecule has 168 valence electrons. The lowest BCUT2D eigenvalue weighted by atomic mass is 9.96. The molecule has 0 saturated heterocycles. The number of nitro groups is 1. The standard InChI is InChI=1S/C24H19FN2O6/c1-14-7-8-16(11-15(14)2)23(29)18-5-3-4-6-19(18)24(30)33-13-22(28)26-20-10-9-17(25)12-21(20)27(31)32/h3-12H,13H2,1-2H3,(H,26,28). The Morgan fingerprint density at radius 2 is 1.67 bits per heavy atom. The quantitative estimate of drug-likeness (QED) is 0.247. The summed E-state index contributed by atoms with van der Waals surface area (Å²) in [6, 6.07) is 13.9. The first-order valence-corrected chi connectivity index (χ1v) is 9.79. The number of rotatable bonds is 7. The van der Waals surface area contributed by atoms with Crippen molar-refractivity contribution in [3.05, 3.63) is 104 Å². The number of nitrogens with zero attached hydrogens (tertiary/aromatic N) is 1. The Bertz CT molecular complexity index is 1270. The highest BCUT2D eigenvalue weighted by molar-refractivity contribution is 6.14. The van der Waals surface area contributed by atoms with Crippen molar-refractivity contribution in [3.8, 4) is 0 Å². The Balaban J connectivity index is 1.73. The Morgan fingerprint density at radius 1 is 0.970 bits per heavy atom. The van der Waals surface area contributed by atoms with E-state index in [1.54, 1.807) is 24.3 Å². The summed E-state index contributed by atoms with van der Waals surface area (Å²) in [6.45, 7) is 3.02. The smallest absolute Gasteiger partial charge is 0.339 e. The molecule has 0 spiro atoms. The minimum Gasteiger partial charge on any atom is -0.452 e. The molecule has 0 fully saturated rings. The molecule has 0 aliphatic carbocycles. The van der Waals surface area contributed by atoms with Crippen LogP contribution in [0.15, 0.2) is 60.7 Å². The lowest BCUT2D eigenvalue weighted by Crippen LogP contribution is -2.22. The van der Waals surface area contributed by atoms with E-state index in [1.807, 2.05) is 19.9 Å². The molecule has 3 aromatic carbocycles. The summed E-state index contributed by atoms with van der Waals surface area (Å²) >= 11 is 0. The van der Waals surface area contributed by atoms with E-state index >= 15 is 0 Å². The van der Waals surface area contributed by atoms with Gasteiger partial charge in [0.15, 0.2) is 12.4 Å². The molecule has 8 nitrogen and oxygen atoms in total. The zero-order valence-electron chi connectivity index (χ0n) is 17.8. The highest BCUT2D eigenvalue weighted by Gasteiger charge is 2.21. The summed E-state index contributed by atoms with van der Waals surface area (Å²) < 4.78 is 18.2. The van der Waals surface area contributed by atoms with Gasteiger partial charge in [-0.1, -0.05) is 30.3 Å². The van der Waals surface area contributed by atoms with Crippen molar-refractivity contribution < 1.29 is 28.4 Å². The number of hydrogen-bond acceptors (Lipinski definition) is 6. The number of anilines is 1. The van der Waals surface area contributed by atoms with Gasteiger partial charge in [-0.2, -0.15) is 0 Å². The number of carbonyl (C=O) groups excluding carboxylic acids is 3. The lowest BCUT2D eigenvalue weighted by Gasteiger charge is -2.10. The van der Waals surface area contributed by atoms with Gasteiger partial charge < -0.3 is 10.1 Å². The first-order valence-electron chi connectivity index (χ1n) is 9.79. The number of esters is 1. The average Bonchev–Trinajstić information content (AvgIpc) is 2.79. The van der Waals surface area contributed by atoms with E-state index in [0.717, 1.165) is 23.3 Å². The van der Waals surface area contributed by atoms with Crippen LogP contribution >= 0.6 is 0 Å². The van der Waals surface area contributed by atoms with Crippen molar-refractivity contribution in [2.24, 2.45) is 0 Å². The number of aryl methyl sites for hydroxylation is 2. The second-order valence-electron chi connectivity index (χ2n) is 7.22. The molecule has 0 radical (unpaired) electrons. The molecule has 1 N–H and O–H groups in total. The summed E-state index contributed by atoms with van der Waals surface area (Å²) in [4.78, 5) is 47.9. The number of nitrogens with one attached hydrogen (secondary N) is 1. The van der Waals surface area contributed by atoms with Crippen LogP contribution in [0.2, 0.25) is 0 Å². The fourth-order valence-corrected chi connectivity index (χ4v) is 3.05. The summed E-state index contributed by atoms with van der Waals surface area (Å²) in [7, 11) is 0. The van der Waals surface area contributed by atoms with E-state index in [1.165, 1.54) is 12.1 Å². The second kappa shape index (κ2) is 9.82. The molecule has 0 saturated carbocycles. The molecule has 9 heteroatoms. The summed E-state index contributed by atoms with van der Waals surface area (Å²) in [5.41, 5.74) is 1.55. The molecule has 1 amide bonds. The van der Waals surface area contributed by atoms with Gasteiger partial charge in [-0.25, -0.2) is 9.18 Å². The van der Waals surface area contributed by atoms with Crippen LogP contribution in [0.4, 0.5) is 15.8 Å². The SMILES string of the molecule is Cc1ccc(C(=O)c2ccccc2C(=O)OCC(=O)Nc2ccc(F)cc2[N+](=O)[O-])cc1C. The molecule has 0 bridgehead atoms. The number of halogens is 1. The van der Waals surface area contributed by atoms with Gasteiger partial charge in [0, 0.05) is 11.1 Å². The number of carbonyl (C=O) groups is 3. The van der Waals surface area contributed by atoms with Crippen LogP contribution in [0, 0.1) is 29.8 Å². The fraction of sp³-hybridized carbons (Fsp3) is 0.125. The number of hydrogen-bond donors (Lipinski definition) is 1. The average molecular weight is 450 g/mol. The van der Waals surface area contributed by atoms with E-state index in [0.29, 0.717) is 11.6 Å². The van der Waals surface area contributed by atoms with Gasteiger partial charge in [0.05, 0.1) is 16.6 Å². The number of nitro benzene ring substituents is 1. The van der Waals surface area contributed by atoms with Crippen molar-refractivity contribution >= 4 is 29.0 Å². The maximum Gasteiger partial charge on any atom is 0.339 e. The van der Waals surface area contributed by atoms with Crippen LogP contribution in [-0.4, -0.2) is 29.2 Å². The van der Waals surface area contributed by atoms with E-state index in [-0.39, 0.29) is 22.6 Å². The van der Waals surface area contributed by atoms with Crippen molar-refractivity contribution in [2.45, 2.75) is 13.8 Å². The summed E-state index contributed by atoms with van der Waals surface area (Å²) in [5.74, 6) is -2.99. The number of benzene rings is 3. The van der Waals surface area contributed by atoms with Crippen LogP contribution in [0.5, 0.6) is 0 Å². The first kappa shape index (κ1) is 23.3. The van der Waals surface area contributed by atoms with Gasteiger partial charge in [0.25, 0.3) is 11.6 Å². The highest BCUT2D eigenvalue weighted by atomic mass is 19.1. The van der Waals surface area contributed by atoms with Gasteiger partial charge in [0.2, 0.25) is 0 Å². The van der Waals surface area contributed by atoms with Crippen molar-refractivity contribution in [3.63, 3.8) is 0 Å².